The zero-order valence-electron chi connectivity index (χ0n) is 10.5. The molecule has 3 nitrogen and oxygen atoms in total. The molecule has 0 aromatic heterocycles. The Morgan fingerprint density at radius 3 is 2.72 bits per heavy atom. The van der Waals surface area contributed by atoms with Gasteiger partial charge in [-0.25, -0.2) is 0 Å². The van der Waals surface area contributed by atoms with E-state index in [1.54, 1.807) is 0 Å². The van der Waals surface area contributed by atoms with Crippen LogP contribution < -0.4 is 0 Å². The molecule has 3 heteroatoms. The normalized spacial score (nSPS) is 24.3. The van der Waals surface area contributed by atoms with Gasteiger partial charge < -0.3 is 9.84 Å². The number of carbonyl (C=O) groups is 1. The molecule has 0 heterocycles. The van der Waals surface area contributed by atoms with E-state index in [1.807, 2.05) is 30.3 Å². The van der Waals surface area contributed by atoms with Crippen molar-refractivity contribution in [3.8, 4) is 0 Å². The lowest BCUT2D eigenvalue weighted by molar-refractivity contribution is -0.150. The van der Waals surface area contributed by atoms with Gasteiger partial charge in [0.25, 0.3) is 0 Å². The SMILES string of the molecule is O=C(OCc1ccccc1)C1CCCC(O)CC1. The molecule has 0 bridgehead atoms. The Morgan fingerprint density at radius 1 is 1.17 bits per heavy atom. The number of rotatable bonds is 3. The summed E-state index contributed by atoms with van der Waals surface area (Å²) in [7, 11) is 0. The van der Waals surface area contributed by atoms with Crippen LogP contribution in [-0.2, 0) is 16.1 Å². The van der Waals surface area contributed by atoms with Gasteiger partial charge in [-0.3, -0.25) is 4.79 Å². The first-order valence-corrected chi connectivity index (χ1v) is 6.64. The Balaban J connectivity index is 1.80. The highest BCUT2D eigenvalue weighted by atomic mass is 16.5. The quantitative estimate of drug-likeness (QED) is 0.660. The molecule has 0 aliphatic heterocycles. The Hall–Kier alpha value is -1.35. The van der Waals surface area contributed by atoms with Crippen molar-refractivity contribution in [2.45, 2.75) is 44.8 Å². The molecular weight excluding hydrogens is 228 g/mol. The summed E-state index contributed by atoms with van der Waals surface area (Å²) in [5.41, 5.74) is 1.01. The maximum absolute atomic E-state index is 11.9. The molecule has 0 radical (unpaired) electrons. The van der Waals surface area contributed by atoms with Crippen molar-refractivity contribution in [3.63, 3.8) is 0 Å². The minimum atomic E-state index is -0.239. The van der Waals surface area contributed by atoms with E-state index in [4.69, 9.17) is 4.74 Å². The van der Waals surface area contributed by atoms with E-state index in [9.17, 15) is 9.90 Å². The van der Waals surface area contributed by atoms with E-state index in [0.717, 1.165) is 31.2 Å². The Kier molecular flexibility index (Phi) is 4.76. The standard InChI is InChI=1S/C15H20O3/c16-14-8-4-7-13(9-10-14)15(17)18-11-12-5-2-1-3-6-12/h1-3,5-6,13-14,16H,4,7-11H2. The summed E-state index contributed by atoms with van der Waals surface area (Å²) in [5, 5.41) is 9.54. The molecule has 2 atom stereocenters. The molecule has 18 heavy (non-hydrogen) atoms. The molecule has 1 aliphatic carbocycles. The first-order chi connectivity index (χ1) is 8.75. The van der Waals surface area contributed by atoms with Crippen molar-refractivity contribution >= 4 is 5.97 Å². The molecule has 1 aromatic carbocycles. The van der Waals surface area contributed by atoms with Gasteiger partial charge in [-0.15, -0.1) is 0 Å². The summed E-state index contributed by atoms with van der Waals surface area (Å²) in [4.78, 5) is 11.9. The minimum Gasteiger partial charge on any atom is -0.461 e. The second-order valence-corrected chi connectivity index (χ2v) is 4.95. The summed E-state index contributed by atoms with van der Waals surface area (Å²) >= 11 is 0. The average Bonchev–Trinajstić information content (AvgIpc) is 2.62. The van der Waals surface area contributed by atoms with Crippen molar-refractivity contribution in [1.82, 2.24) is 0 Å². The fourth-order valence-electron chi connectivity index (χ4n) is 2.36. The number of aliphatic hydroxyl groups excluding tert-OH is 1. The number of esters is 1. The molecule has 98 valence electrons. The second-order valence-electron chi connectivity index (χ2n) is 4.95. The Morgan fingerprint density at radius 2 is 1.94 bits per heavy atom. The van der Waals surface area contributed by atoms with Crippen LogP contribution in [0, 0.1) is 5.92 Å². The monoisotopic (exact) mass is 248 g/mol. The van der Waals surface area contributed by atoms with Crippen molar-refractivity contribution in [2.24, 2.45) is 5.92 Å². The highest BCUT2D eigenvalue weighted by molar-refractivity contribution is 5.72. The fourth-order valence-corrected chi connectivity index (χ4v) is 2.36. The van der Waals surface area contributed by atoms with E-state index < -0.39 is 0 Å². The zero-order valence-corrected chi connectivity index (χ0v) is 10.5. The van der Waals surface area contributed by atoms with E-state index >= 15 is 0 Å². The van der Waals surface area contributed by atoms with E-state index in [2.05, 4.69) is 0 Å². The van der Waals surface area contributed by atoms with Gasteiger partial charge in [0, 0.05) is 0 Å². The Bertz CT molecular complexity index is 375. The molecule has 2 unspecified atom stereocenters. The van der Waals surface area contributed by atoms with Crippen LogP contribution >= 0.6 is 0 Å². The molecule has 2 rings (SSSR count). The number of ether oxygens (including phenoxy) is 1. The predicted octanol–water partition coefficient (Wildman–Crippen LogP) is 2.67. The topological polar surface area (TPSA) is 46.5 Å². The third kappa shape index (κ3) is 3.84. The smallest absolute Gasteiger partial charge is 0.309 e. The van der Waals surface area contributed by atoms with E-state index in [1.165, 1.54) is 0 Å². The van der Waals surface area contributed by atoms with E-state index in [0.29, 0.717) is 13.0 Å². The summed E-state index contributed by atoms with van der Waals surface area (Å²) < 4.78 is 5.34. The number of carbonyl (C=O) groups excluding carboxylic acids is 1. The molecule has 0 spiro atoms. The molecule has 1 N–H and O–H groups in total. The van der Waals surface area contributed by atoms with Gasteiger partial charge in [-0.1, -0.05) is 36.8 Å². The first-order valence-electron chi connectivity index (χ1n) is 6.64. The third-order valence-corrected chi connectivity index (χ3v) is 3.50. The summed E-state index contributed by atoms with van der Waals surface area (Å²) in [5.74, 6) is -0.154. The number of benzene rings is 1. The number of hydrogen-bond donors (Lipinski definition) is 1. The molecule has 1 saturated carbocycles. The predicted molar refractivity (Wildman–Crippen MR) is 68.8 cm³/mol. The average molecular weight is 248 g/mol. The van der Waals surface area contributed by atoms with Crippen LogP contribution in [0.25, 0.3) is 0 Å². The van der Waals surface area contributed by atoms with Crippen LogP contribution in [0.4, 0.5) is 0 Å². The van der Waals surface area contributed by atoms with Gasteiger partial charge in [0.1, 0.15) is 6.61 Å². The van der Waals surface area contributed by atoms with Gasteiger partial charge in [0.2, 0.25) is 0 Å². The second kappa shape index (κ2) is 6.55. The summed E-state index contributed by atoms with van der Waals surface area (Å²) in [6.07, 6.45) is 3.77. The fraction of sp³-hybridized carbons (Fsp3) is 0.533. The van der Waals surface area contributed by atoms with Gasteiger partial charge >= 0.3 is 5.97 Å². The zero-order chi connectivity index (χ0) is 12.8. The minimum absolute atomic E-state index is 0.0362. The molecule has 1 aromatic rings. The van der Waals surface area contributed by atoms with Crippen LogP contribution in [0.15, 0.2) is 30.3 Å². The highest BCUT2D eigenvalue weighted by Crippen LogP contribution is 2.24. The summed E-state index contributed by atoms with van der Waals surface area (Å²) in [6, 6.07) is 9.71. The van der Waals surface area contributed by atoms with Crippen LogP contribution in [0.1, 0.15) is 37.7 Å². The highest BCUT2D eigenvalue weighted by Gasteiger charge is 2.24. The first kappa shape index (κ1) is 13.1. The molecule has 1 aliphatic rings. The number of aliphatic hydroxyl groups is 1. The van der Waals surface area contributed by atoms with Gasteiger partial charge in [0.05, 0.1) is 12.0 Å². The van der Waals surface area contributed by atoms with Gasteiger partial charge in [0.15, 0.2) is 0 Å². The van der Waals surface area contributed by atoms with Crippen molar-refractivity contribution < 1.29 is 14.6 Å². The van der Waals surface area contributed by atoms with Crippen molar-refractivity contribution in [1.29, 1.82) is 0 Å². The van der Waals surface area contributed by atoms with Crippen LogP contribution in [-0.4, -0.2) is 17.2 Å². The Labute approximate surface area is 108 Å². The third-order valence-electron chi connectivity index (χ3n) is 3.50. The van der Waals surface area contributed by atoms with Gasteiger partial charge in [-0.2, -0.15) is 0 Å². The lowest BCUT2D eigenvalue weighted by atomic mass is 10.0. The maximum Gasteiger partial charge on any atom is 0.309 e. The van der Waals surface area contributed by atoms with Gasteiger partial charge in [-0.05, 0) is 31.2 Å². The number of hydrogen-bond acceptors (Lipinski definition) is 3. The van der Waals surface area contributed by atoms with E-state index in [-0.39, 0.29) is 18.0 Å². The lowest BCUT2D eigenvalue weighted by Gasteiger charge is -2.13. The lowest BCUT2D eigenvalue weighted by Crippen LogP contribution is -2.17. The molecular formula is C15H20O3. The molecule has 0 amide bonds. The maximum atomic E-state index is 11.9. The van der Waals surface area contributed by atoms with Crippen molar-refractivity contribution in [2.75, 3.05) is 0 Å². The molecule has 0 saturated heterocycles. The van der Waals surface area contributed by atoms with Crippen molar-refractivity contribution in [3.05, 3.63) is 35.9 Å². The summed E-state index contributed by atoms with van der Waals surface area (Å²) in [6.45, 7) is 0.346. The van der Waals surface area contributed by atoms with Crippen LogP contribution in [0.5, 0.6) is 0 Å². The van der Waals surface area contributed by atoms with Crippen LogP contribution in [0.3, 0.4) is 0 Å². The van der Waals surface area contributed by atoms with Crippen LogP contribution in [0.2, 0.25) is 0 Å². The largest absolute Gasteiger partial charge is 0.461 e. The molecule has 1 fully saturated rings.